The fraction of sp³-hybridized carbons (Fsp3) is 0.562. The van der Waals surface area contributed by atoms with Crippen LogP contribution in [0.1, 0.15) is 37.4 Å². The van der Waals surface area contributed by atoms with Crippen LogP contribution in [0.15, 0.2) is 17.1 Å². The number of aromatic amines is 1. The van der Waals surface area contributed by atoms with Crippen molar-refractivity contribution in [1.82, 2.24) is 19.9 Å². The number of aliphatic hydroxyl groups is 1. The van der Waals surface area contributed by atoms with E-state index in [2.05, 4.69) is 15.4 Å². The van der Waals surface area contributed by atoms with Gasteiger partial charge in [0.25, 0.3) is 5.56 Å². The minimum absolute atomic E-state index is 0.00235. The molecule has 0 spiro atoms. The van der Waals surface area contributed by atoms with Gasteiger partial charge in [0.05, 0.1) is 13.0 Å². The van der Waals surface area contributed by atoms with Gasteiger partial charge in [-0.25, -0.2) is 9.50 Å². The van der Waals surface area contributed by atoms with Crippen LogP contribution < -0.4 is 10.9 Å². The second kappa shape index (κ2) is 5.81. The van der Waals surface area contributed by atoms with Gasteiger partial charge in [0.2, 0.25) is 5.91 Å². The van der Waals surface area contributed by atoms with Crippen molar-refractivity contribution in [3.63, 3.8) is 0 Å². The summed E-state index contributed by atoms with van der Waals surface area (Å²) in [4.78, 5) is 29.1. The molecule has 1 aliphatic rings. The molecule has 1 aliphatic carbocycles. The predicted octanol–water partition coefficient (Wildman–Crippen LogP) is 0.541. The van der Waals surface area contributed by atoms with Gasteiger partial charge in [0, 0.05) is 35.0 Å². The first kappa shape index (κ1) is 15.7. The zero-order valence-corrected chi connectivity index (χ0v) is 13.4. The summed E-state index contributed by atoms with van der Waals surface area (Å²) >= 11 is 0. The molecule has 1 saturated carbocycles. The SMILES string of the molecule is Cc1nc2cc[nH]n2c(=O)c1CC(=O)NC1CCCC1(C)CO. The van der Waals surface area contributed by atoms with Crippen LogP contribution in [0.5, 0.6) is 0 Å². The minimum Gasteiger partial charge on any atom is -0.396 e. The van der Waals surface area contributed by atoms with Crippen molar-refractivity contribution in [1.29, 1.82) is 0 Å². The smallest absolute Gasteiger partial charge is 0.276 e. The molecule has 7 heteroatoms. The van der Waals surface area contributed by atoms with Crippen molar-refractivity contribution in [2.75, 3.05) is 6.61 Å². The van der Waals surface area contributed by atoms with Crippen molar-refractivity contribution in [3.05, 3.63) is 33.9 Å². The van der Waals surface area contributed by atoms with Crippen LogP contribution in [0.25, 0.3) is 5.65 Å². The molecule has 0 bridgehead atoms. The van der Waals surface area contributed by atoms with Crippen LogP contribution in [-0.2, 0) is 11.2 Å². The third-order valence-electron chi connectivity index (χ3n) is 4.96. The summed E-state index contributed by atoms with van der Waals surface area (Å²) in [6.45, 7) is 3.78. The maximum atomic E-state index is 12.4. The van der Waals surface area contributed by atoms with Crippen molar-refractivity contribution >= 4 is 11.6 Å². The van der Waals surface area contributed by atoms with Gasteiger partial charge in [0.15, 0.2) is 5.65 Å². The standard InChI is InChI=1S/C16H22N4O3/c1-10-11(15(23)20-13(18-10)5-7-17-20)8-14(22)19-12-4-3-6-16(12,2)9-21/h5,7,12,17,21H,3-4,6,8-9H2,1-2H3,(H,19,22). The van der Waals surface area contributed by atoms with Gasteiger partial charge in [0.1, 0.15) is 0 Å². The Hall–Kier alpha value is -2.15. The fourth-order valence-electron chi connectivity index (χ4n) is 3.38. The molecule has 0 aromatic carbocycles. The van der Waals surface area contributed by atoms with Gasteiger partial charge in [-0.05, 0) is 19.8 Å². The lowest BCUT2D eigenvalue weighted by Crippen LogP contribution is -2.45. The highest BCUT2D eigenvalue weighted by Crippen LogP contribution is 2.37. The Labute approximate surface area is 133 Å². The number of carbonyl (C=O) groups is 1. The van der Waals surface area contributed by atoms with Crippen LogP contribution in [0.3, 0.4) is 0 Å². The number of aromatic nitrogens is 3. The largest absolute Gasteiger partial charge is 0.396 e. The normalized spacial score (nSPS) is 24.2. The maximum Gasteiger partial charge on any atom is 0.276 e. The number of hydrogen-bond donors (Lipinski definition) is 3. The van der Waals surface area contributed by atoms with Crippen LogP contribution in [0, 0.1) is 12.3 Å². The molecule has 2 unspecified atom stereocenters. The van der Waals surface area contributed by atoms with Crippen LogP contribution in [-0.4, -0.2) is 38.3 Å². The molecular weight excluding hydrogens is 296 g/mol. The molecule has 2 aromatic rings. The van der Waals surface area contributed by atoms with Crippen LogP contribution >= 0.6 is 0 Å². The van der Waals surface area contributed by atoms with Crippen LogP contribution in [0.4, 0.5) is 0 Å². The van der Waals surface area contributed by atoms with E-state index in [4.69, 9.17) is 0 Å². The highest BCUT2D eigenvalue weighted by atomic mass is 16.3. The number of aliphatic hydroxyl groups excluding tert-OH is 1. The number of hydrogen-bond acceptors (Lipinski definition) is 4. The Morgan fingerprint density at radius 2 is 2.39 bits per heavy atom. The average Bonchev–Trinajstić information content (AvgIpc) is 3.11. The summed E-state index contributed by atoms with van der Waals surface area (Å²) in [5.41, 5.74) is 0.984. The number of rotatable bonds is 4. The Balaban J connectivity index is 1.79. The Kier molecular flexibility index (Phi) is 3.97. The number of nitrogens with one attached hydrogen (secondary N) is 2. The molecule has 2 atom stereocenters. The predicted molar refractivity (Wildman–Crippen MR) is 85.2 cm³/mol. The van der Waals surface area contributed by atoms with Gasteiger partial charge in [-0.1, -0.05) is 13.3 Å². The molecule has 1 fully saturated rings. The fourth-order valence-corrected chi connectivity index (χ4v) is 3.38. The van der Waals surface area contributed by atoms with Crippen molar-refractivity contribution in [2.24, 2.45) is 5.41 Å². The lowest BCUT2D eigenvalue weighted by Gasteiger charge is -2.30. The number of H-pyrrole nitrogens is 1. The van der Waals surface area contributed by atoms with E-state index >= 15 is 0 Å². The van der Waals surface area contributed by atoms with Gasteiger partial charge >= 0.3 is 0 Å². The van der Waals surface area contributed by atoms with Crippen molar-refractivity contribution in [3.8, 4) is 0 Å². The van der Waals surface area contributed by atoms with E-state index in [0.717, 1.165) is 19.3 Å². The summed E-state index contributed by atoms with van der Waals surface area (Å²) < 4.78 is 1.34. The minimum atomic E-state index is -0.276. The molecule has 2 heterocycles. The highest BCUT2D eigenvalue weighted by molar-refractivity contribution is 5.79. The second-order valence-electron chi connectivity index (χ2n) is 6.64. The molecule has 0 aliphatic heterocycles. The summed E-state index contributed by atoms with van der Waals surface area (Å²) in [6, 6.07) is 1.66. The van der Waals surface area contributed by atoms with E-state index in [1.165, 1.54) is 4.52 Å². The molecule has 0 saturated heterocycles. The molecule has 23 heavy (non-hydrogen) atoms. The van der Waals surface area contributed by atoms with E-state index < -0.39 is 0 Å². The maximum absolute atomic E-state index is 12.4. The van der Waals surface area contributed by atoms with E-state index in [1.54, 1.807) is 19.2 Å². The first-order chi connectivity index (χ1) is 10.9. The quantitative estimate of drug-likeness (QED) is 0.766. The van der Waals surface area contributed by atoms with E-state index in [0.29, 0.717) is 16.9 Å². The summed E-state index contributed by atoms with van der Waals surface area (Å²) in [7, 11) is 0. The van der Waals surface area contributed by atoms with Crippen molar-refractivity contribution in [2.45, 2.75) is 45.6 Å². The first-order valence-electron chi connectivity index (χ1n) is 7.90. The molecule has 1 amide bonds. The van der Waals surface area contributed by atoms with E-state index in [-0.39, 0.29) is 36.0 Å². The number of amides is 1. The number of nitrogens with zero attached hydrogens (tertiary/aromatic N) is 2. The second-order valence-corrected chi connectivity index (χ2v) is 6.64. The molecule has 2 aromatic heterocycles. The van der Waals surface area contributed by atoms with Gasteiger partial charge in [-0.2, -0.15) is 0 Å². The zero-order chi connectivity index (χ0) is 16.6. The molecule has 3 rings (SSSR count). The molecule has 124 valence electrons. The lowest BCUT2D eigenvalue weighted by molar-refractivity contribution is -0.122. The third kappa shape index (κ3) is 2.76. The number of aryl methyl sites for hydroxylation is 1. The number of carbonyl (C=O) groups excluding carboxylic acids is 1. The van der Waals surface area contributed by atoms with Crippen LogP contribution in [0.2, 0.25) is 0 Å². The summed E-state index contributed by atoms with van der Waals surface area (Å²) in [5, 5.41) is 15.3. The number of fused-ring (bicyclic) bond motifs is 1. The molecule has 7 nitrogen and oxygen atoms in total. The van der Waals surface area contributed by atoms with Gasteiger partial charge in [-0.15, -0.1) is 0 Å². The summed E-state index contributed by atoms with van der Waals surface area (Å²) in [6.07, 6.45) is 4.37. The molecule has 3 N–H and O–H groups in total. The monoisotopic (exact) mass is 318 g/mol. The Bertz CT molecular complexity index is 794. The Morgan fingerprint density at radius 1 is 1.61 bits per heavy atom. The molecule has 0 radical (unpaired) electrons. The van der Waals surface area contributed by atoms with E-state index in [1.807, 2.05) is 6.92 Å². The topological polar surface area (TPSA) is 99.5 Å². The highest BCUT2D eigenvalue weighted by Gasteiger charge is 2.39. The van der Waals surface area contributed by atoms with Gasteiger partial charge < -0.3 is 10.4 Å². The first-order valence-corrected chi connectivity index (χ1v) is 7.90. The van der Waals surface area contributed by atoms with E-state index in [9.17, 15) is 14.7 Å². The Morgan fingerprint density at radius 3 is 3.13 bits per heavy atom. The molecular formula is C16H22N4O3. The zero-order valence-electron chi connectivity index (χ0n) is 13.4. The lowest BCUT2D eigenvalue weighted by atomic mass is 9.85. The summed E-state index contributed by atoms with van der Waals surface area (Å²) in [5.74, 6) is -0.204. The average molecular weight is 318 g/mol. The van der Waals surface area contributed by atoms with Crippen molar-refractivity contribution < 1.29 is 9.90 Å². The third-order valence-corrected chi connectivity index (χ3v) is 4.96. The van der Waals surface area contributed by atoms with Gasteiger partial charge in [-0.3, -0.25) is 14.7 Å².